The maximum absolute atomic E-state index is 12.0. The van der Waals surface area contributed by atoms with Crippen molar-refractivity contribution in [1.82, 2.24) is 9.97 Å². The van der Waals surface area contributed by atoms with Crippen LogP contribution in [0, 0.1) is 37.8 Å². The first kappa shape index (κ1) is 21.5. The van der Waals surface area contributed by atoms with Crippen molar-refractivity contribution in [3.05, 3.63) is 75.1 Å². The molecule has 0 bridgehead atoms. The van der Waals surface area contributed by atoms with Gasteiger partial charge in [-0.05, 0) is 62.1 Å². The third-order valence-electron chi connectivity index (χ3n) is 6.34. The number of benzene rings is 2. The molecule has 8 heteroatoms. The van der Waals surface area contributed by atoms with E-state index in [0.717, 1.165) is 29.9 Å². The summed E-state index contributed by atoms with van der Waals surface area (Å²) in [4.78, 5) is 24.5. The average molecular weight is 433 g/mol. The van der Waals surface area contributed by atoms with E-state index in [9.17, 15) is 10.1 Å². The quantitative estimate of drug-likeness (QED) is 0.462. The summed E-state index contributed by atoms with van der Waals surface area (Å²) >= 11 is 0. The van der Waals surface area contributed by atoms with Crippen LogP contribution in [0.1, 0.15) is 22.3 Å². The highest BCUT2D eigenvalue weighted by molar-refractivity contribution is 5.76. The van der Waals surface area contributed by atoms with E-state index in [4.69, 9.17) is 0 Å². The normalized spacial score (nSPS) is 13.9. The molecule has 2 aromatic carbocycles. The second kappa shape index (κ2) is 8.82. The molecule has 2 heterocycles. The van der Waals surface area contributed by atoms with Gasteiger partial charge in [-0.3, -0.25) is 10.1 Å². The fourth-order valence-corrected chi connectivity index (χ4v) is 4.11. The lowest BCUT2D eigenvalue weighted by atomic mass is 10.1. The Morgan fingerprint density at radius 3 is 2.19 bits per heavy atom. The molecule has 0 aliphatic carbocycles. The van der Waals surface area contributed by atoms with Crippen molar-refractivity contribution in [2.45, 2.75) is 27.7 Å². The Hall–Kier alpha value is -3.68. The van der Waals surface area contributed by atoms with Crippen LogP contribution in [0.3, 0.4) is 0 Å². The van der Waals surface area contributed by atoms with Crippen LogP contribution in [0.2, 0.25) is 0 Å². The number of rotatable bonds is 5. The minimum Gasteiger partial charge on any atom is -0.368 e. The molecule has 0 saturated carbocycles. The van der Waals surface area contributed by atoms with Crippen LogP contribution < -0.4 is 15.1 Å². The van der Waals surface area contributed by atoms with Gasteiger partial charge < -0.3 is 15.1 Å². The van der Waals surface area contributed by atoms with Gasteiger partial charge >= 0.3 is 5.69 Å². The van der Waals surface area contributed by atoms with Crippen LogP contribution in [0.25, 0.3) is 0 Å². The molecular formula is C24H28N6O2. The summed E-state index contributed by atoms with van der Waals surface area (Å²) in [7, 11) is 0. The molecule has 1 aliphatic rings. The predicted octanol–water partition coefficient (Wildman–Crippen LogP) is 4.69. The first-order valence-corrected chi connectivity index (χ1v) is 10.8. The van der Waals surface area contributed by atoms with Gasteiger partial charge in [0, 0.05) is 37.6 Å². The molecule has 0 unspecified atom stereocenters. The Morgan fingerprint density at radius 1 is 0.875 bits per heavy atom. The van der Waals surface area contributed by atoms with Crippen molar-refractivity contribution >= 4 is 28.7 Å². The van der Waals surface area contributed by atoms with Crippen LogP contribution >= 0.6 is 0 Å². The third-order valence-corrected chi connectivity index (χ3v) is 6.34. The first-order chi connectivity index (χ1) is 15.4. The molecule has 32 heavy (non-hydrogen) atoms. The van der Waals surface area contributed by atoms with E-state index in [-0.39, 0.29) is 16.4 Å². The fourth-order valence-electron chi connectivity index (χ4n) is 4.11. The average Bonchev–Trinajstić information content (AvgIpc) is 2.78. The highest BCUT2D eigenvalue weighted by Gasteiger charge is 2.30. The molecule has 166 valence electrons. The predicted molar refractivity (Wildman–Crippen MR) is 128 cm³/mol. The summed E-state index contributed by atoms with van der Waals surface area (Å²) in [6, 6.07) is 12.2. The van der Waals surface area contributed by atoms with Crippen LogP contribution in [0.4, 0.5) is 28.7 Å². The van der Waals surface area contributed by atoms with Crippen LogP contribution in [-0.2, 0) is 0 Å². The van der Waals surface area contributed by atoms with E-state index in [1.807, 2.05) is 36.9 Å². The summed E-state index contributed by atoms with van der Waals surface area (Å²) < 4.78 is 0. The number of nitrogens with one attached hydrogen (secondary N) is 1. The van der Waals surface area contributed by atoms with E-state index in [1.54, 1.807) is 0 Å². The summed E-state index contributed by atoms with van der Waals surface area (Å²) in [5.74, 6) is 0.573. The number of piperazine rings is 1. The molecule has 3 aromatic rings. The van der Waals surface area contributed by atoms with Crippen LogP contribution in [0.15, 0.2) is 42.7 Å². The third kappa shape index (κ3) is 4.08. The Kier molecular flexibility index (Phi) is 5.94. The number of anilines is 4. The van der Waals surface area contributed by atoms with Gasteiger partial charge in [0.25, 0.3) is 0 Å². The van der Waals surface area contributed by atoms with Gasteiger partial charge in [0.1, 0.15) is 6.33 Å². The maximum atomic E-state index is 12.0. The standard InChI is InChI=1S/C24H28N6O2/c1-16-7-5-9-20(18(16)3)27-23-22(30(31)32)24(26-15-25-23)29-13-11-28(12-14-29)21-10-6-8-17(2)19(21)4/h5-10,15H,11-14H2,1-4H3,(H,25,26,27). The Labute approximate surface area is 188 Å². The topological polar surface area (TPSA) is 87.4 Å². The highest BCUT2D eigenvalue weighted by Crippen LogP contribution is 2.35. The zero-order valence-electron chi connectivity index (χ0n) is 18.9. The highest BCUT2D eigenvalue weighted by atomic mass is 16.6. The monoisotopic (exact) mass is 432 g/mol. The van der Waals surface area contributed by atoms with E-state index < -0.39 is 0 Å². The van der Waals surface area contributed by atoms with Crippen molar-refractivity contribution in [1.29, 1.82) is 0 Å². The van der Waals surface area contributed by atoms with Crippen molar-refractivity contribution in [2.75, 3.05) is 41.3 Å². The van der Waals surface area contributed by atoms with Crippen molar-refractivity contribution in [2.24, 2.45) is 0 Å². The molecule has 0 radical (unpaired) electrons. The molecule has 1 aliphatic heterocycles. The van der Waals surface area contributed by atoms with E-state index in [2.05, 4.69) is 52.2 Å². The van der Waals surface area contributed by atoms with E-state index in [1.165, 1.54) is 23.1 Å². The summed E-state index contributed by atoms with van der Waals surface area (Å²) in [5, 5.41) is 15.2. The Bertz CT molecular complexity index is 1160. The summed E-state index contributed by atoms with van der Waals surface area (Å²) in [6.45, 7) is 11.1. The van der Waals surface area contributed by atoms with Gasteiger partial charge in [0.2, 0.25) is 11.6 Å². The van der Waals surface area contributed by atoms with Gasteiger partial charge in [0.05, 0.1) is 4.92 Å². The number of hydrogen-bond donors (Lipinski definition) is 1. The van der Waals surface area contributed by atoms with Crippen molar-refractivity contribution in [3.8, 4) is 0 Å². The van der Waals surface area contributed by atoms with E-state index in [0.29, 0.717) is 18.9 Å². The zero-order valence-corrected chi connectivity index (χ0v) is 18.9. The minimum atomic E-state index is -0.389. The second-order valence-corrected chi connectivity index (χ2v) is 8.22. The lowest BCUT2D eigenvalue weighted by Gasteiger charge is -2.37. The number of nitrogens with zero attached hydrogens (tertiary/aromatic N) is 5. The molecule has 0 atom stereocenters. The van der Waals surface area contributed by atoms with Gasteiger partial charge in [-0.1, -0.05) is 24.3 Å². The fraction of sp³-hybridized carbons (Fsp3) is 0.333. The molecule has 0 spiro atoms. The van der Waals surface area contributed by atoms with Crippen molar-refractivity contribution in [3.63, 3.8) is 0 Å². The SMILES string of the molecule is Cc1cccc(Nc2ncnc(N3CCN(c4cccc(C)c4C)CC3)c2[N+](=O)[O-])c1C. The van der Waals surface area contributed by atoms with Crippen LogP contribution in [-0.4, -0.2) is 41.1 Å². The molecule has 1 aromatic heterocycles. The lowest BCUT2D eigenvalue weighted by molar-refractivity contribution is -0.383. The van der Waals surface area contributed by atoms with Crippen molar-refractivity contribution < 1.29 is 4.92 Å². The zero-order chi connectivity index (χ0) is 22.8. The molecule has 1 saturated heterocycles. The molecule has 0 amide bonds. The summed E-state index contributed by atoms with van der Waals surface area (Å²) in [5.41, 5.74) is 6.61. The first-order valence-electron chi connectivity index (χ1n) is 10.8. The molecule has 8 nitrogen and oxygen atoms in total. The van der Waals surface area contributed by atoms with Gasteiger partial charge in [-0.25, -0.2) is 9.97 Å². The van der Waals surface area contributed by atoms with Gasteiger partial charge in [-0.15, -0.1) is 0 Å². The number of aromatic nitrogens is 2. The van der Waals surface area contributed by atoms with Crippen LogP contribution in [0.5, 0.6) is 0 Å². The number of aryl methyl sites for hydroxylation is 2. The minimum absolute atomic E-state index is 0.0893. The Balaban J connectivity index is 1.59. The largest absolute Gasteiger partial charge is 0.368 e. The number of nitro groups is 1. The number of hydrogen-bond acceptors (Lipinski definition) is 7. The molecular weight excluding hydrogens is 404 g/mol. The molecule has 1 N–H and O–H groups in total. The summed E-state index contributed by atoms with van der Waals surface area (Å²) in [6.07, 6.45) is 1.40. The lowest BCUT2D eigenvalue weighted by Crippen LogP contribution is -2.47. The smallest absolute Gasteiger partial charge is 0.353 e. The second-order valence-electron chi connectivity index (χ2n) is 8.22. The van der Waals surface area contributed by atoms with Gasteiger partial charge in [0.15, 0.2) is 0 Å². The Morgan fingerprint density at radius 2 is 1.50 bits per heavy atom. The molecule has 1 fully saturated rings. The van der Waals surface area contributed by atoms with E-state index >= 15 is 0 Å². The van der Waals surface area contributed by atoms with Gasteiger partial charge in [-0.2, -0.15) is 0 Å². The maximum Gasteiger partial charge on any atom is 0.353 e. The molecule has 4 rings (SSSR count).